The van der Waals surface area contributed by atoms with Crippen molar-refractivity contribution in [1.29, 1.82) is 0 Å². The average molecular weight is 396 g/mol. The Kier molecular flexibility index (Phi) is 7.51. The van der Waals surface area contributed by atoms with E-state index in [-0.39, 0.29) is 18.4 Å². The molecule has 0 aromatic heterocycles. The molecule has 1 N–H and O–H groups in total. The summed E-state index contributed by atoms with van der Waals surface area (Å²) in [7, 11) is 0. The molecule has 0 fully saturated rings. The molecular weight excluding hydrogens is 371 g/mol. The molecule has 0 amide bonds. The minimum atomic E-state index is -4.27. The number of rotatable bonds is 6. The van der Waals surface area contributed by atoms with Gasteiger partial charge in [0.05, 0.1) is 5.56 Å². The van der Waals surface area contributed by atoms with E-state index >= 15 is 0 Å². The van der Waals surface area contributed by atoms with Crippen LogP contribution in [0.5, 0.6) is 0 Å². The first-order chi connectivity index (χ1) is 12.4. The summed E-state index contributed by atoms with van der Waals surface area (Å²) in [5.41, 5.74) is 4.20. The first-order valence-electron chi connectivity index (χ1n) is 9.13. The molecule has 3 rings (SSSR count). The molecule has 146 valence electrons. The quantitative estimate of drug-likeness (QED) is 0.560. The summed E-state index contributed by atoms with van der Waals surface area (Å²) in [5, 5.41) is 3.52. The largest absolute Gasteiger partial charge is 0.416 e. The van der Waals surface area contributed by atoms with Gasteiger partial charge in [0, 0.05) is 6.04 Å². The van der Waals surface area contributed by atoms with Crippen LogP contribution in [0.25, 0.3) is 6.08 Å². The Balaban J connectivity index is 0.00000261. The van der Waals surface area contributed by atoms with Crippen molar-refractivity contribution in [3.05, 3.63) is 76.4 Å². The fraction of sp³-hybridized carbons (Fsp3) is 0.364. The lowest BCUT2D eigenvalue weighted by Gasteiger charge is -2.21. The van der Waals surface area contributed by atoms with Crippen LogP contribution in [0.4, 0.5) is 13.2 Å². The predicted octanol–water partition coefficient (Wildman–Crippen LogP) is 6.37. The van der Waals surface area contributed by atoms with Gasteiger partial charge in [0.15, 0.2) is 0 Å². The summed E-state index contributed by atoms with van der Waals surface area (Å²) in [5.74, 6) is 0. The highest BCUT2D eigenvalue weighted by Crippen LogP contribution is 2.30. The first kappa shape index (κ1) is 21.5. The van der Waals surface area contributed by atoms with E-state index in [1.807, 2.05) is 0 Å². The van der Waals surface area contributed by atoms with Crippen LogP contribution in [-0.4, -0.2) is 6.54 Å². The second-order valence-corrected chi connectivity index (χ2v) is 6.83. The van der Waals surface area contributed by atoms with E-state index in [1.165, 1.54) is 28.8 Å². The van der Waals surface area contributed by atoms with Gasteiger partial charge in [0.1, 0.15) is 0 Å². The molecule has 0 radical (unpaired) electrons. The van der Waals surface area contributed by atoms with Gasteiger partial charge in [-0.25, -0.2) is 0 Å². The Hall–Kier alpha value is -1.78. The molecule has 1 aliphatic carbocycles. The molecule has 2 aromatic rings. The molecule has 2 aromatic carbocycles. The van der Waals surface area contributed by atoms with Crippen LogP contribution in [0.1, 0.15) is 53.6 Å². The van der Waals surface area contributed by atoms with E-state index in [1.54, 1.807) is 6.07 Å². The zero-order valence-electron chi connectivity index (χ0n) is 15.4. The van der Waals surface area contributed by atoms with Gasteiger partial charge >= 0.3 is 6.18 Å². The summed E-state index contributed by atoms with van der Waals surface area (Å²) < 4.78 is 38.3. The zero-order chi connectivity index (χ0) is 18.6. The number of hydrogen-bond donors (Lipinski definition) is 1. The number of hydrogen-bond acceptors (Lipinski definition) is 1. The molecule has 1 atom stereocenters. The number of allylic oxidation sites excluding steroid dienone is 1. The monoisotopic (exact) mass is 395 g/mol. The maximum atomic E-state index is 12.8. The lowest BCUT2D eigenvalue weighted by atomic mass is 9.90. The average Bonchev–Trinajstić information content (AvgIpc) is 2.64. The molecule has 0 saturated carbocycles. The number of aryl methyl sites for hydroxylation is 1. The van der Waals surface area contributed by atoms with Gasteiger partial charge in [-0.3, -0.25) is 0 Å². The number of halogens is 4. The van der Waals surface area contributed by atoms with Gasteiger partial charge in [0.25, 0.3) is 0 Å². The molecule has 5 heteroatoms. The minimum absolute atomic E-state index is 0. The maximum Gasteiger partial charge on any atom is 0.416 e. The normalized spacial score (nSPS) is 14.4. The smallest absolute Gasteiger partial charge is 0.310 e. The van der Waals surface area contributed by atoms with Gasteiger partial charge < -0.3 is 5.32 Å². The maximum absolute atomic E-state index is 12.8. The third kappa shape index (κ3) is 5.60. The van der Waals surface area contributed by atoms with Gasteiger partial charge in [-0.15, -0.1) is 12.4 Å². The summed E-state index contributed by atoms with van der Waals surface area (Å²) in [6.45, 7) is 2.93. The number of alkyl halides is 3. The van der Waals surface area contributed by atoms with Crippen molar-refractivity contribution in [3.63, 3.8) is 0 Å². The van der Waals surface area contributed by atoms with Crippen molar-refractivity contribution >= 4 is 18.5 Å². The highest BCUT2D eigenvalue weighted by molar-refractivity contribution is 5.85. The van der Waals surface area contributed by atoms with E-state index < -0.39 is 11.7 Å². The summed E-state index contributed by atoms with van der Waals surface area (Å²) in [6, 6.07) is 12.3. The van der Waals surface area contributed by atoms with Crippen LogP contribution in [-0.2, 0) is 19.0 Å². The molecular formula is C22H25ClF3N. The van der Waals surface area contributed by atoms with E-state index in [0.29, 0.717) is 6.42 Å². The van der Waals surface area contributed by atoms with Crippen LogP contribution < -0.4 is 5.32 Å². The standard InChI is InChI=1S/C22H24F3N.ClH/c1-16(20-13-5-10-18-9-2-3-12-21(18)20)26-14-6-8-17-7-4-11-19(15-17)22(23,24)25;/h2,4-5,7,9-11,13,15-16,26H,3,6,8,12,14H2,1H3;1H/t16-;/m1./s1. The minimum Gasteiger partial charge on any atom is -0.310 e. The lowest BCUT2D eigenvalue weighted by Crippen LogP contribution is -2.22. The fourth-order valence-corrected chi connectivity index (χ4v) is 3.54. The Morgan fingerprint density at radius 3 is 2.67 bits per heavy atom. The summed E-state index contributed by atoms with van der Waals surface area (Å²) >= 11 is 0. The van der Waals surface area contributed by atoms with Crippen molar-refractivity contribution < 1.29 is 13.2 Å². The van der Waals surface area contributed by atoms with Gasteiger partial charge in [-0.1, -0.05) is 48.6 Å². The third-order valence-corrected chi connectivity index (χ3v) is 4.92. The molecule has 0 heterocycles. The highest BCUT2D eigenvalue weighted by Gasteiger charge is 2.30. The number of nitrogens with one attached hydrogen (secondary N) is 1. The second-order valence-electron chi connectivity index (χ2n) is 6.83. The second kappa shape index (κ2) is 9.43. The first-order valence-corrected chi connectivity index (χ1v) is 9.13. The molecule has 0 spiro atoms. The number of fused-ring (bicyclic) bond motifs is 1. The van der Waals surface area contributed by atoms with Crippen molar-refractivity contribution in [2.45, 2.75) is 44.8 Å². The van der Waals surface area contributed by atoms with Gasteiger partial charge in [-0.2, -0.15) is 13.2 Å². The van der Waals surface area contributed by atoms with Gasteiger partial charge in [0.2, 0.25) is 0 Å². The fourth-order valence-electron chi connectivity index (χ4n) is 3.54. The SMILES string of the molecule is C[C@@H](NCCCc1cccc(C(F)(F)F)c1)c1cccc2c1CCC=C2.Cl. The van der Waals surface area contributed by atoms with Crippen LogP contribution in [0, 0.1) is 0 Å². The predicted molar refractivity (Wildman–Crippen MR) is 107 cm³/mol. The van der Waals surface area contributed by atoms with Crippen molar-refractivity contribution in [3.8, 4) is 0 Å². The Morgan fingerprint density at radius 2 is 1.89 bits per heavy atom. The molecule has 0 bridgehead atoms. The number of benzene rings is 2. The molecule has 0 saturated heterocycles. The molecule has 1 nitrogen and oxygen atoms in total. The van der Waals surface area contributed by atoms with E-state index in [9.17, 15) is 13.2 Å². The van der Waals surface area contributed by atoms with Crippen molar-refractivity contribution in [1.82, 2.24) is 5.32 Å². The van der Waals surface area contributed by atoms with Crippen LogP contribution in [0.3, 0.4) is 0 Å². The van der Waals surface area contributed by atoms with Crippen LogP contribution >= 0.6 is 12.4 Å². The molecule has 0 aliphatic heterocycles. The highest BCUT2D eigenvalue weighted by atomic mass is 35.5. The van der Waals surface area contributed by atoms with Gasteiger partial charge in [-0.05, 0) is 67.5 Å². The van der Waals surface area contributed by atoms with Crippen LogP contribution in [0.15, 0.2) is 48.5 Å². The topological polar surface area (TPSA) is 12.0 Å². The summed E-state index contributed by atoms with van der Waals surface area (Å²) in [6.07, 6.45) is 3.70. The van der Waals surface area contributed by atoms with E-state index in [4.69, 9.17) is 0 Å². The Labute approximate surface area is 165 Å². The molecule has 1 aliphatic rings. The van der Waals surface area contributed by atoms with Crippen LogP contribution in [0.2, 0.25) is 0 Å². The Bertz CT molecular complexity index is 783. The van der Waals surface area contributed by atoms with E-state index in [0.717, 1.165) is 37.4 Å². The Morgan fingerprint density at radius 1 is 1.11 bits per heavy atom. The molecule has 27 heavy (non-hydrogen) atoms. The zero-order valence-corrected chi connectivity index (χ0v) is 16.2. The summed E-state index contributed by atoms with van der Waals surface area (Å²) in [4.78, 5) is 0. The lowest BCUT2D eigenvalue weighted by molar-refractivity contribution is -0.137. The molecule has 0 unspecified atom stereocenters. The van der Waals surface area contributed by atoms with E-state index in [2.05, 4.69) is 42.6 Å². The van der Waals surface area contributed by atoms with Crippen molar-refractivity contribution in [2.75, 3.05) is 6.54 Å². The third-order valence-electron chi connectivity index (χ3n) is 4.92. The van der Waals surface area contributed by atoms with Crippen molar-refractivity contribution in [2.24, 2.45) is 0 Å².